The van der Waals surface area contributed by atoms with Crippen LogP contribution in [0.3, 0.4) is 0 Å². The van der Waals surface area contributed by atoms with Crippen LogP contribution in [0.2, 0.25) is 0 Å². The molecule has 0 spiro atoms. The standard InChI is InChI=1S/C15H20N2O/c1-12-7-8-15(18)17(12)14-6-4-5-13(11-14)16-9-2-3-10-16/h4-6,11-12H,2-3,7-10H2,1H3. The Kier molecular flexibility index (Phi) is 2.98. The lowest BCUT2D eigenvalue weighted by atomic mass is 10.2. The number of carbonyl (C=O) groups is 1. The highest BCUT2D eigenvalue weighted by Gasteiger charge is 2.29. The summed E-state index contributed by atoms with van der Waals surface area (Å²) < 4.78 is 0. The average molecular weight is 244 g/mol. The van der Waals surface area contributed by atoms with Gasteiger partial charge in [0.2, 0.25) is 5.91 Å². The maximum absolute atomic E-state index is 11.9. The van der Waals surface area contributed by atoms with Crippen molar-refractivity contribution in [3.05, 3.63) is 24.3 Å². The summed E-state index contributed by atoms with van der Waals surface area (Å²) in [6.45, 7) is 4.42. The molecule has 1 atom stereocenters. The topological polar surface area (TPSA) is 23.6 Å². The van der Waals surface area contributed by atoms with Crippen LogP contribution in [0.15, 0.2) is 24.3 Å². The van der Waals surface area contributed by atoms with E-state index >= 15 is 0 Å². The number of amides is 1. The summed E-state index contributed by atoms with van der Waals surface area (Å²) in [5.74, 6) is 0.265. The molecule has 96 valence electrons. The summed E-state index contributed by atoms with van der Waals surface area (Å²) in [5.41, 5.74) is 2.33. The molecule has 3 heteroatoms. The van der Waals surface area contributed by atoms with Crippen molar-refractivity contribution in [1.82, 2.24) is 0 Å². The zero-order valence-corrected chi connectivity index (χ0v) is 10.9. The van der Waals surface area contributed by atoms with Crippen LogP contribution in [-0.2, 0) is 4.79 Å². The summed E-state index contributed by atoms with van der Waals surface area (Å²) in [6.07, 6.45) is 4.23. The minimum Gasteiger partial charge on any atom is -0.371 e. The van der Waals surface area contributed by atoms with Gasteiger partial charge in [-0.1, -0.05) is 6.07 Å². The van der Waals surface area contributed by atoms with Gasteiger partial charge in [-0.25, -0.2) is 0 Å². The van der Waals surface area contributed by atoms with E-state index in [0.717, 1.165) is 25.2 Å². The van der Waals surface area contributed by atoms with Gasteiger partial charge in [0.15, 0.2) is 0 Å². The van der Waals surface area contributed by atoms with Gasteiger partial charge >= 0.3 is 0 Å². The second-order valence-electron chi connectivity index (χ2n) is 5.37. The fourth-order valence-corrected chi connectivity index (χ4v) is 3.04. The summed E-state index contributed by atoms with van der Waals surface area (Å²) >= 11 is 0. The first-order valence-electron chi connectivity index (χ1n) is 6.93. The summed E-state index contributed by atoms with van der Waals surface area (Å²) in [5, 5.41) is 0. The highest BCUT2D eigenvalue weighted by Crippen LogP contribution is 2.30. The maximum atomic E-state index is 11.9. The molecule has 1 aromatic rings. The van der Waals surface area contributed by atoms with Crippen LogP contribution < -0.4 is 9.80 Å². The molecule has 3 rings (SSSR count). The number of carbonyl (C=O) groups excluding carboxylic acids is 1. The molecule has 2 aliphatic heterocycles. The van der Waals surface area contributed by atoms with Crippen LogP contribution in [0.1, 0.15) is 32.6 Å². The Balaban J connectivity index is 1.88. The van der Waals surface area contributed by atoms with Gasteiger partial charge in [0.1, 0.15) is 0 Å². The third-order valence-electron chi connectivity index (χ3n) is 4.06. The number of nitrogens with zero attached hydrogens (tertiary/aromatic N) is 2. The largest absolute Gasteiger partial charge is 0.371 e. The molecule has 18 heavy (non-hydrogen) atoms. The first kappa shape index (κ1) is 11.6. The highest BCUT2D eigenvalue weighted by atomic mass is 16.2. The molecule has 2 saturated heterocycles. The minimum atomic E-state index is 0.265. The zero-order valence-electron chi connectivity index (χ0n) is 10.9. The molecule has 2 aliphatic rings. The molecular weight excluding hydrogens is 224 g/mol. The van der Waals surface area contributed by atoms with Gasteiger partial charge in [0, 0.05) is 36.9 Å². The van der Waals surface area contributed by atoms with E-state index in [4.69, 9.17) is 0 Å². The summed E-state index contributed by atoms with van der Waals surface area (Å²) in [4.78, 5) is 16.3. The van der Waals surface area contributed by atoms with E-state index in [0.29, 0.717) is 12.5 Å². The second-order valence-corrected chi connectivity index (χ2v) is 5.37. The fourth-order valence-electron chi connectivity index (χ4n) is 3.04. The van der Waals surface area contributed by atoms with E-state index in [1.165, 1.54) is 18.5 Å². The van der Waals surface area contributed by atoms with E-state index < -0.39 is 0 Å². The lowest BCUT2D eigenvalue weighted by molar-refractivity contribution is -0.117. The predicted molar refractivity (Wildman–Crippen MR) is 74.1 cm³/mol. The number of anilines is 2. The van der Waals surface area contributed by atoms with Crippen molar-refractivity contribution in [3.63, 3.8) is 0 Å². The Morgan fingerprint density at radius 1 is 1.17 bits per heavy atom. The van der Waals surface area contributed by atoms with Crippen LogP contribution in [-0.4, -0.2) is 25.0 Å². The first-order chi connectivity index (χ1) is 8.75. The first-order valence-corrected chi connectivity index (χ1v) is 6.93. The van der Waals surface area contributed by atoms with E-state index in [2.05, 4.69) is 36.1 Å². The Morgan fingerprint density at radius 3 is 2.56 bits per heavy atom. The molecule has 3 nitrogen and oxygen atoms in total. The summed E-state index contributed by atoms with van der Waals surface area (Å²) in [7, 11) is 0. The second kappa shape index (κ2) is 4.63. The average Bonchev–Trinajstić information content (AvgIpc) is 3.00. The van der Waals surface area contributed by atoms with Crippen molar-refractivity contribution in [2.45, 2.75) is 38.6 Å². The normalized spacial score (nSPS) is 24.1. The molecule has 0 aromatic heterocycles. The highest BCUT2D eigenvalue weighted by molar-refractivity contribution is 5.96. The van der Waals surface area contributed by atoms with Gasteiger partial charge in [-0.05, 0) is 44.4 Å². The van der Waals surface area contributed by atoms with E-state index in [1.807, 2.05) is 4.90 Å². The van der Waals surface area contributed by atoms with Crippen molar-refractivity contribution in [1.29, 1.82) is 0 Å². The SMILES string of the molecule is CC1CCC(=O)N1c1cccc(N2CCCC2)c1. The number of rotatable bonds is 2. The monoisotopic (exact) mass is 244 g/mol. The van der Waals surface area contributed by atoms with Crippen LogP contribution >= 0.6 is 0 Å². The smallest absolute Gasteiger partial charge is 0.227 e. The maximum Gasteiger partial charge on any atom is 0.227 e. The number of benzene rings is 1. The zero-order chi connectivity index (χ0) is 12.5. The lowest BCUT2D eigenvalue weighted by Gasteiger charge is -2.24. The number of hydrogen-bond donors (Lipinski definition) is 0. The van der Waals surface area contributed by atoms with Gasteiger partial charge in [-0.15, -0.1) is 0 Å². The van der Waals surface area contributed by atoms with Crippen molar-refractivity contribution >= 4 is 17.3 Å². The van der Waals surface area contributed by atoms with Crippen molar-refractivity contribution in [2.24, 2.45) is 0 Å². The molecule has 0 radical (unpaired) electrons. The molecule has 2 heterocycles. The van der Waals surface area contributed by atoms with Gasteiger partial charge in [0.25, 0.3) is 0 Å². The quantitative estimate of drug-likeness (QED) is 0.798. The summed E-state index contributed by atoms with van der Waals surface area (Å²) in [6, 6.07) is 8.79. The van der Waals surface area contributed by atoms with Gasteiger partial charge < -0.3 is 9.80 Å². The van der Waals surface area contributed by atoms with Crippen molar-refractivity contribution in [3.8, 4) is 0 Å². The van der Waals surface area contributed by atoms with Crippen molar-refractivity contribution in [2.75, 3.05) is 22.9 Å². The molecular formula is C15H20N2O. The van der Waals surface area contributed by atoms with E-state index in [9.17, 15) is 4.79 Å². The van der Waals surface area contributed by atoms with Crippen LogP contribution in [0.25, 0.3) is 0 Å². The molecule has 0 N–H and O–H groups in total. The molecule has 0 bridgehead atoms. The van der Waals surface area contributed by atoms with Gasteiger partial charge in [-0.2, -0.15) is 0 Å². The Hall–Kier alpha value is -1.51. The molecule has 0 saturated carbocycles. The van der Waals surface area contributed by atoms with E-state index in [-0.39, 0.29) is 5.91 Å². The van der Waals surface area contributed by atoms with Crippen molar-refractivity contribution < 1.29 is 4.79 Å². The van der Waals surface area contributed by atoms with Crippen LogP contribution in [0, 0.1) is 0 Å². The third kappa shape index (κ3) is 1.98. The Labute approximate surface area is 108 Å². The molecule has 1 amide bonds. The van der Waals surface area contributed by atoms with E-state index in [1.54, 1.807) is 0 Å². The van der Waals surface area contributed by atoms with Crippen LogP contribution in [0.5, 0.6) is 0 Å². The fraction of sp³-hybridized carbons (Fsp3) is 0.533. The minimum absolute atomic E-state index is 0.265. The predicted octanol–water partition coefficient (Wildman–Crippen LogP) is 2.80. The molecule has 0 aliphatic carbocycles. The third-order valence-corrected chi connectivity index (χ3v) is 4.06. The number of hydrogen-bond acceptors (Lipinski definition) is 2. The van der Waals surface area contributed by atoms with Crippen LogP contribution in [0.4, 0.5) is 11.4 Å². The Morgan fingerprint density at radius 2 is 1.89 bits per heavy atom. The lowest BCUT2D eigenvalue weighted by Crippen LogP contribution is -2.30. The van der Waals surface area contributed by atoms with Gasteiger partial charge in [0.05, 0.1) is 0 Å². The molecule has 1 aromatic carbocycles. The Bertz CT molecular complexity index is 452. The molecule has 2 fully saturated rings. The molecule has 1 unspecified atom stereocenters. The van der Waals surface area contributed by atoms with Gasteiger partial charge in [-0.3, -0.25) is 4.79 Å².